The van der Waals surface area contributed by atoms with Gasteiger partial charge in [0.1, 0.15) is 6.04 Å². The van der Waals surface area contributed by atoms with E-state index in [1.807, 2.05) is 13.8 Å². The van der Waals surface area contributed by atoms with Crippen LogP contribution in [0.5, 0.6) is 0 Å². The number of carbonyl (C=O) groups excluding carboxylic acids is 1. The van der Waals surface area contributed by atoms with Crippen LogP contribution in [0.1, 0.15) is 27.7 Å². The molecule has 0 aromatic heterocycles. The highest BCUT2D eigenvalue weighted by atomic mass is 16.4. The molecular weight excluding hydrogens is 264 g/mol. The summed E-state index contributed by atoms with van der Waals surface area (Å²) in [6, 6.07) is -0.915. The zero-order valence-corrected chi connectivity index (χ0v) is 12.4. The molecule has 116 valence electrons. The van der Waals surface area contributed by atoms with Crippen molar-refractivity contribution in [2.24, 2.45) is 11.8 Å². The molecule has 2 atom stereocenters. The third-order valence-corrected chi connectivity index (χ3v) is 2.89. The van der Waals surface area contributed by atoms with Gasteiger partial charge < -0.3 is 15.5 Å². The van der Waals surface area contributed by atoms with Gasteiger partial charge >= 0.3 is 11.9 Å². The van der Waals surface area contributed by atoms with E-state index in [1.165, 1.54) is 18.7 Å². The Labute approximate surface area is 119 Å². The number of aliphatic carboxylic acids is 2. The highest BCUT2D eigenvalue weighted by molar-refractivity contribution is 5.80. The quantitative estimate of drug-likeness (QED) is 0.561. The number of hydrogen-bond donors (Lipinski definition) is 3. The standard InChI is InChI=1S/C13H24N2O5/c1-8(2)5-14-11(16)7-15(10(4)13(19)20)6-9(3)12(17)18/h8-10H,5-7H2,1-4H3,(H,14,16)(H,17,18)(H,19,20). The van der Waals surface area contributed by atoms with Gasteiger partial charge in [-0.3, -0.25) is 19.3 Å². The van der Waals surface area contributed by atoms with Gasteiger partial charge in [0.25, 0.3) is 0 Å². The van der Waals surface area contributed by atoms with E-state index >= 15 is 0 Å². The van der Waals surface area contributed by atoms with Crippen LogP contribution in [-0.4, -0.2) is 58.6 Å². The predicted molar refractivity (Wildman–Crippen MR) is 73.3 cm³/mol. The molecule has 0 fully saturated rings. The molecule has 0 heterocycles. The van der Waals surface area contributed by atoms with Crippen LogP contribution >= 0.6 is 0 Å². The third-order valence-electron chi connectivity index (χ3n) is 2.89. The van der Waals surface area contributed by atoms with Gasteiger partial charge in [0.2, 0.25) is 5.91 Å². The maximum absolute atomic E-state index is 11.7. The second kappa shape index (κ2) is 8.52. The Balaban J connectivity index is 4.64. The van der Waals surface area contributed by atoms with Crippen molar-refractivity contribution >= 4 is 17.8 Å². The molecule has 0 aromatic carbocycles. The lowest BCUT2D eigenvalue weighted by molar-refractivity contribution is -0.147. The zero-order valence-electron chi connectivity index (χ0n) is 12.4. The van der Waals surface area contributed by atoms with Crippen molar-refractivity contribution in [2.75, 3.05) is 19.6 Å². The molecule has 0 aliphatic rings. The van der Waals surface area contributed by atoms with Crippen molar-refractivity contribution < 1.29 is 24.6 Å². The fraction of sp³-hybridized carbons (Fsp3) is 0.769. The topological polar surface area (TPSA) is 107 Å². The van der Waals surface area contributed by atoms with Crippen LogP contribution in [0.4, 0.5) is 0 Å². The number of rotatable bonds is 9. The molecule has 3 N–H and O–H groups in total. The Morgan fingerprint density at radius 1 is 1.05 bits per heavy atom. The van der Waals surface area contributed by atoms with Crippen LogP contribution in [0, 0.1) is 11.8 Å². The van der Waals surface area contributed by atoms with Crippen LogP contribution < -0.4 is 5.32 Å². The normalized spacial score (nSPS) is 14.1. The molecule has 0 aromatic rings. The molecule has 0 spiro atoms. The molecule has 0 saturated carbocycles. The maximum Gasteiger partial charge on any atom is 0.320 e. The first-order valence-electron chi connectivity index (χ1n) is 6.61. The van der Waals surface area contributed by atoms with Gasteiger partial charge in [0.15, 0.2) is 0 Å². The summed E-state index contributed by atoms with van der Waals surface area (Å²) >= 11 is 0. The molecule has 0 radical (unpaired) electrons. The van der Waals surface area contributed by atoms with Crippen molar-refractivity contribution in [3.63, 3.8) is 0 Å². The highest BCUT2D eigenvalue weighted by Gasteiger charge is 2.26. The summed E-state index contributed by atoms with van der Waals surface area (Å²) in [5.74, 6) is -2.85. The van der Waals surface area contributed by atoms with Crippen molar-refractivity contribution in [3.8, 4) is 0 Å². The Morgan fingerprint density at radius 2 is 1.60 bits per heavy atom. The third kappa shape index (κ3) is 7.08. The van der Waals surface area contributed by atoms with E-state index in [0.29, 0.717) is 12.5 Å². The van der Waals surface area contributed by atoms with Crippen LogP contribution in [-0.2, 0) is 14.4 Å². The lowest BCUT2D eigenvalue weighted by Gasteiger charge is -2.27. The van der Waals surface area contributed by atoms with Crippen molar-refractivity contribution in [1.29, 1.82) is 0 Å². The average Bonchev–Trinajstić information content (AvgIpc) is 2.34. The number of carboxylic acid groups (broad SMARTS) is 2. The Hall–Kier alpha value is -1.63. The van der Waals surface area contributed by atoms with Gasteiger partial charge in [-0.15, -0.1) is 0 Å². The molecule has 20 heavy (non-hydrogen) atoms. The summed E-state index contributed by atoms with van der Waals surface area (Å²) in [5.41, 5.74) is 0. The van der Waals surface area contributed by atoms with E-state index in [9.17, 15) is 14.4 Å². The summed E-state index contributed by atoms with van der Waals surface area (Å²) in [4.78, 5) is 35.0. The first-order chi connectivity index (χ1) is 9.15. The molecule has 0 bridgehead atoms. The van der Waals surface area contributed by atoms with Gasteiger partial charge in [-0.25, -0.2) is 0 Å². The second-order valence-corrected chi connectivity index (χ2v) is 5.38. The average molecular weight is 288 g/mol. The van der Waals surface area contributed by atoms with Crippen molar-refractivity contribution in [2.45, 2.75) is 33.7 Å². The van der Waals surface area contributed by atoms with Crippen LogP contribution in [0.2, 0.25) is 0 Å². The summed E-state index contributed by atoms with van der Waals surface area (Å²) in [6.45, 7) is 7.20. The van der Waals surface area contributed by atoms with E-state index in [2.05, 4.69) is 5.32 Å². The molecular formula is C13H24N2O5. The van der Waals surface area contributed by atoms with Crippen LogP contribution in [0.15, 0.2) is 0 Å². The highest BCUT2D eigenvalue weighted by Crippen LogP contribution is 2.06. The largest absolute Gasteiger partial charge is 0.481 e. The van der Waals surface area contributed by atoms with Gasteiger partial charge in [-0.05, 0) is 12.8 Å². The predicted octanol–water partition coefficient (Wildman–Crippen LogP) is 0.254. The number of amides is 1. The molecule has 2 unspecified atom stereocenters. The van der Waals surface area contributed by atoms with E-state index in [1.54, 1.807) is 0 Å². The zero-order chi connectivity index (χ0) is 15.9. The molecule has 0 aliphatic heterocycles. The molecule has 7 nitrogen and oxygen atoms in total. The minimum absolute atomic E-state index is 0.0118. The van der Waals surface area contributed by atoms with Gasteiger partial charge in [-0.2, -0.15) is 0 Å². The van der Waals surface area contributed by atoms with Gasteiger partial charge in [0, 0.05) is 13.1 Å². The van der Waals surface area contributed by atoms with E-state index in [0.717, 1.165) is 0 Å². The molecule has 0 saturated heterocycles. The minimum Gasteiger partial charge on any atom is -0.481 e. The maximum atomic E-state index is 11.7. The first kappa shape index (κ1) is 18.4. The van der Waals surface area contributed by atoms with Gasteiger partial charge in [0.05, 0.1) is 12.5 Å². The molecule has 0 rings (SSSR count). The Bertz CT molecular complexity index is 357. The monoisotopic (exact) mass is 288 g/mol. The minimum atomic E-state index is -1.08. The number of nitrogens with one attached hydrogen (secondary N) is 1. The van der Waals surface area contributed by atoms with E-state index in [-0.39, 0.29) is 19.0 Å². The van der Waals surface area contributed by atoms with Crippen molar-refractivity contribution in [1.82, 2.24) is 10.2 Å². The molecule has 7 heteroatoms. The second-order valence-electron chi connectivity index (χ2n) is 5.38. The van der Waals surface area contributed by atoms with E-state index < -0.39 is 23.9 Å². The van der Waals surface area contributed by atoms with E-state index in [4.69, 9.17) is 10.2 Å². The fourth-order valence-electron chi connectivity index (χ4n) is 1.50. The lowest BCUT2D eigenvalue weighted by atomic mass is 10.1. The van der Waals surface area contributed by atoms with Crippen LogP contribution in [0.3, 0.4) is 0 Å². The Kier molecular flexibility index (Phi) is 7.83. The van der Waals surface area contributed by atoms with Gasteiger partial charge in [-0.1, -0.05) is 20.8 Å². The van der Waals surface area contributed by atoms with Crippen LogP contribution in [0.25, 0.3) is 0 Å². The SMILES string of the molecule is CC(C)CNC(=O)CN(CC(C)C(=O)O)C(C)C(=O)O. The lowest BCUT2D eigenvalue weighted by Crippen LogP contribution is -2.48. The van der Waals surface area contributed by atoms with Crippen molar-refractivity contribution in [3.05, 3.63) is 0 Å². The number of carboxylic acids is 2. The summed E-state index contributed by atoms with van der Waals surface area (Å²) in [6.07, 6.45) is 0. The fourth-order valence-corrected chi connectivity index (χ4v) is 1.50. The number of nitrogens with zero attached hydrogens (tertiary/aromatic N) is 1. The molecule has 0 aliphatic carbocycles. The summed E-state index contributed by atoms with van der Waals surface area (Å²) in [5, 5.41) is 20.6. The smallest absolute Gasteiger partial charge is 0.320 e. The summed E-state index contributed by atoms with van der Waals surface area (Å²) in [7, 11) is 0. The number of carbonyl (C=O) groups is 3. The number of hydrogen-bond acceptors (Lipinski definition) is 4. The summed E-state index contributed by atoms with van der Waals surface area (Å²) < 4.78 is 0. The Morgan fingerprint density at radius 3 is 2.00 bits per heavy atom. The molecule has 1 amide bonds. The first-order valence-corrected chi connectivity index (χ1v) is 6.61.